The molecule has 22 heavy (non-hydrogen) atoms. The summed E-state index contributed by atoms with van der Waals surface area (Å²) in [6.45, 7) is 0. The SMILES string of the molecule is Cn1ccnc1-c1n(-c2ccccc2)c2ccccc2[n+]1C. The average Bonchev–Trinajstić information content (AvgIpc) is 3.10. The molecule has 0 N–H and O–H groups in total. The summed E-state index contributed by atoms with van der Waals surface area (Å²) in [4.78, 5) is 4.55. The van der Waals surface area contributed by atoms with Gasteiger partial charge in [-0.15, -0.1) is 0 Å². The Labute approximate surface area is 128 Å². The smallest absolute Gasteiger partial charge is 0.328 e. The Balaban J connectivity index is 2.16. The standard InChI is InChI=1S/C18H17N4/c1-20-13-12-19-17(20)18-21(2)15-10-6-7-11-16(15)22(18)14-8-4-3-5-9-14/h3-13H,1-2H3/q+1. The number of imidazole rings is 2. The Bertz CT molecular complexity index is 948. The topological polar surface area (TPSA) is 26.6 Å². The Morgan fingerprint density at radius 1 is 0.955 bits per heavy atom. The molecule has 0 aliphatic heterocycles. The van der Waals surface area contributed by atoms with E-state index in [-0.39, 0.29) is 0 Å². The highest BCUT2D eigenvalue weighted by atomic mass is 15.2. The van der Waals surface area contributed by atoms with Gasteiger partial charge in [-0.05, 0) is 24.3 Å². The summed E-state index contributed by atoms with van der Waals surface area (Å²) < 4.78 is 6.51. The zero-order valence-electron chi connectivity index (χ0n) is 12.6. The van der Waals surface area contributed by atoms with Crippen LogP contribution in [-0.2, 0) is 14.1 Å². The number of para-hydroxylation sites is 3. The highest BCUT2D eigenvalue weighted by molar-refractivity contribution is 5.77. The molecule has 0 aliphatic rings. The lowest BCUT2D eigenvalue weighted by molar-refractivity contribution is -0.634. The van der Waals surface area contributed by atoms with Gasteiger partial charge in [0.2, 0.25) is 5.82 Å². The van der Waals surface area contributed by atoms with Crippen molar-refractivity contribution in [2.24, 2.45) is 14.1 Å². The number of hydrogen-bond acceptors (Lipinski definition) is 1. The molecule has 0 saturated heterocycles. The molecule has 0 amide bonds. The van der Waals surface area contributed by atoms with Gasteiger partial charge in [-0.3, -0.25) is 0 Å². The monoisotopic (exact) mass is 289 g/mol. The van der Waals surface area contributed by atoms with Crippen molar-refractivity contribution in [2.45, 2.75) is 0 Å². The maximum absolute atomic E-state index is 4.55. The number of rotatable bonds is 2. The van der Waals surface area contributed by atoms with Crippen molar-refractivity contribution in [3.05, 3.63) is 67.0 Å². The molecule has 0 saturated carbocycles. The van der Waals surface area contributed by atoms with E-state index in [4.69, 9.17) is 0 Å². The fourth-order valence-corrected chi connectivity index (χ4v) is 2.98. The second kappa shape index (κ2) is 4.84. The number of nitrogens with zero attached hydrogens (tertiary/aromatic N) is 4. The van der Waals surface area contributed by atoms with E-state index in [0.29, 0.717) is 0 Å². The first-order valence-electron chi connectivity index (χ1n) is 7.30. The normalized spacial score (nSPS) is 11.2. The summed E-state index contributed by atoms with van der Waals surface area (Å²) >= 11 is 0. The summed E-state index contributed by atoms with van der Waals surface area (Å²) in [5.74, 6) is 2.02. The molecular weight excluding hydrogens is 272 g/mol. The van der Waals surface area contributed by atoms with Crippen LogP contribution in [0.1, 0.15) is 0 Å². The second-order valence-electron chi connectivity index (χ2n) is 5.40. The van der Waals surface area contributed by atoms with E-state index in [0.717, 1.165) is 17.3 Å². The van der Waals surface area contributed by atoms with Crippen molar-refractivity contribution in [1.29, 1.82) is 0 Å². The second-order valence-corrected chi connectivity index (χ2v) is 5.40. The third kappa shape index (κ3) is 1.77. The number of hydrogen-bond donors (Lipinski definition) is 0. The zero-order chi connectivity index (χ0) is 15.1. The molecule has 2 aromatic heterocycles. The van der Waals surface area contributed by atoms with Crippen LogP contribution in [-0.4, -0.2) is 14.1 Å². The van der Waals surface area contributed by atoms with Crippen molar-refractivity contribution in [3.63, 3.8) is 0 Å². The molecule has 4 heteroatoms. The molecule has 0 atom stereocenters. The van der Waals surface area contributed by atoms with E-state index in [9.17, 15) is 0 Å². The van der Waals surface area contributed by atoms with Crippen molar-refractivity contribution in [2.75, 3.05) is 0 Å². The molecule has 0 radical (unpaired) electrons. The van der Waals surface area contributed by atoms with Gasteiger partial charge in [0.25, 0.3) is 0 Å². The molecule has 0 bridgehead atoms. The van der Waals surface area contributed by atoms with Gasteiger partial charge in [-0.2, -0.15) is 4.57 Å². The van der Waals surface area contributed by atoms with Gasteiger partial charge in [-0.1, -0.05) is 30.3 Å². The molecule has 0 spiro atoms. The summed E-state index contributed by atoms with van der Waals surface area (Å²) in [6.07, 6.45) is 3.81. The predicted octanol–water partition coefficient (Wildman–Crippen LogP) is 2.86. The van der Waals surface area contributed by atoms with Crippen molar-refractivity contribution in [3.8, 4) is 17.3 Å². The lowest BCUT2D eigenvalue weighted by atomic mass is 10.3. The van der Waals surface area contributed by atoms with Crippen LogP contribution in [0.5, 0.6) is 0 Å². The lowest BCUT2D eigenvalue weighted by Crippen LogP contribution is -2.31. The van der Waals surface area contributed by atoms with Gasteiger partial charge in [0, 0.05) is 19.4 Å². The van der Waals surface area contributed by atoms with E-state index < -0.39 is 0 Å². The number of aryl methyl sites for hydroxylation is 2. The highest BCUT2D eigenvalue weighted by Gasteiger charge is 2.27. The van der Waals surface area contributed by atoms with E-state index >= 15 is 0 Å². The van der Waals surface area contributed by atoms with Crippen LogP contribution in [0, 0.1) is 0 Å². The van der Waals surface area contributed by atoms with E-state index in [1.807, 2.05) is 30.1 Å². The fourth-order valence-electron chi connectivity index (χ4n) is 2.98. The highest BCUT2D eigenvalue weighted by Crippen LogP contribution is 2.25. The summed E-state index contributed by atoms with van der Waals surface area (Å²) in [6, 6.07) is 18.8. The molecule has 4 aromatic rings. The van der Waals surface area contributed by atoms with Gasteiger partial charge in [-0.25, -0.2) is 9.55 Å². The van der Waals surface area contributed by atoms with Crippen LogP contribution in [0.4, 0.5) is 0 Å². The van der Waals surface area contributed by atoms with Gasteiger partial charge in [0.15, 0.2) is 11.0 Å². The van der Waals surface area contributed by atoms with Crippen LogP contribution in [0.15, 0.2) is 67.0 Å². The molecule has 0 aliphatic carbocycles. The molecule has 0 unspecified atom stereocenters. The molecule has 2 aromatic carbocycles. The molecule has 4 nitrogen and oxygen atoms in total. The summed E-state index contributed by atoms with van der Waals surface area (Å²) in [5.41, 5.74) is 3.50. The lowest BCUT2D eigenvalue weighted by Gasteiger charge is -2.03. The minimum absolute atomic E-state index is 0.947. The maximum Gasteiger partial charge on any atom is 0.331 e. The minimum atomic E-state index is 0.947. The van der Waals surface area contributed by atoms with Crippen LogP contribution in [0.2, 0.25) is 0 Å². The summed E-state index contributed by atoms with van der Waals surface area (Å²) in [7, 11) is 4.11. The third-order valence-electron chi connectivity index (χ3n) is 4.05. The van der Waals surface area contributed by atoms with Gasteiger partial charge in [0.1, 0.15) is 5.69 Å². The first-order chi connectivity index (χ1) is 10.8. The number of fused-ring (bicyclic) bond motifs is 1. The largest absolute Gasteiger partial charge is 0.331 e. The van der Waals surface area contributed by atoms with Gasteiger partial charge in [0.05, 0.1) is 7.05 Å². The molecule has 4 rings (SSSR count). The maximum atomic E-state index is 4.55. The van der Waals surface area contributed by atoms with Crippen LogP contribution < -0.4 is 4.57 Å². The van der Waals surface area contributed by atoms with Crippen molar-refractivity contribution >= 4 is 11.0 Å². The van der Waals surface area contributed by atoms with E-state index in [1.54, 1.807) is 0 Å². The number of benzene rings is 2. The van der Waals surface area contributed by atoms with Crippen LogP contribution in [0.3, 0.4) is 0 Å². The van der Waals surface area contributed by atoms with E-state index in [2.05, 4.69) is 69.7 Å². The minimum Gasteiger partial charge on any atom is -0.328 e. The molecule has 108 valence electrons. The fraction of sp³-hybridized carbons (Fsp3) is 0.111. The van der Waals surface area contributed by atoms with Crippen molar-refractivity contribution < 1.29 is 4.57 Å². The molecule has 0 fully saturated rings. The Morgan fingerprint density at radius 3 is 2.41 bits per heavy atom. The first-order valence-corrected chi connectivity index (χ1v) is 7.30. The third-order valence-corrected chi connectivity index (χ3v) is 4.05. The average molecular weight is 289 g/mol. The van der Waals surface area contributed by atoms with Gasteiger partial charge < -0.3 is 4.57 Å². The zero-order valence-corrected chi connectivity index (χ0v) is 12.6. The van der Waals surface area contributed by atoms with E-state index in [1.165, 1.54) is 11.0 Å². The van der Waals surface area contributed by atoms with Crippen LogP contribution in [0.25, 0.3) is 28.4 Å². The van der Waals surface area contributed by atoms with Crippen LogP contribution >= 0.6 is 0 Å². The summed E-state index contributed by atoms with van der Waals surface area (Å²) in [5, 5.41) is 0. The Morgan fingerprint density at radius 2 is 1.68 bits per heavy atom. The van der Waals surface area contributed by atoms with Gasteiger partial charge >= 0.3 is 5.82 Å². The van der Waals surface area contributed by atoms with Crippen molar-refractivity contribution in [1.82, 2.24) is 14.1 Å². The Kier molecular flexibility index (Phi) is 2.82. The first kappa shape index (κ1) is 12.8. The Hall–Kier alpha value is -2.88. The number of aromatic nitrogens is 4. The predicted molar refractivity (Wildman–Crippen MR) is 86.7 cm³/mol. The molecule has 2 heterocycles. The quantitative estimate of drug-likeness (QED) is 0.521. The molecular formula is C18H17N4+.